The van der Waals surface area contributed by atoms with E-state index in [1.54, 1.807) is 14.2 Å². The molecule has 0 spiro atoms. The Morgan fingerprint density at radius 3 is 2.00 bits per heavy atom. The van der Waals surface area contributed by atoms with E-state index in [-0.39, 0.29) is 12.2 Å². The first-order chi connectivity index (χ1) is 6.94. The summed E-state index contributed by atoms with van der Waals surface area (Å²) in [6, 6.07) is 0. The second kappa shape index (κ2) is 8.37. The van der Waals surface area contributed by atoms with Crippen LogP contribution in [0.2, 0.25) is 0 Å². The van der Waals surface area contributed by atoms with Crippen molar-refractivity contribution >= 4 is 40.3 Å². The molecule has 0 aliphatic heterocycles. The van der Waals surface area contributed by atoms with E-state index < -0.39 is 0 Å². The second-order valence-corrected chi connectivity index (χ2v) is 17.2. The van der Waals surface area contributed by atoms with Crippen LogP contribution in [-0.2, 0) is 9.47 Å². The van der Waals surface area contributed by atoms with Gasteiger partial charge in [-0.15, -0.1) is 0 Å². The van der Waals surface area contributed by atoms with Crippen LogP contribution in [-0.4, -0.2) is 52.9 Å². The van der Waals surface area contributed by atoms with Crippen molar-refractivity contribution < 1.29 is 9.47 Å². The Bertz CT molecular complexity index is 159. The monoisotopic (exact) mass is 382 g/mol. The molecule has 90 valence electrons. The van der Waals surface area contributed by atoms with Gasteiger partial charge in [-0.3, -0.25) is 0 Å². The van der Waals surface area contributed by atoms with E-state index >= 15 is 0 Å². The molecule has 3 unspecified atom stereocenters. The van der Waals surface area contributed by atoms with Gasteiger partial charge >= 0.3 is 118 Å². The average molecular weight is 383 g/mol. The molecule has 0 saturated heterocycles. The van der Waals surface area contributed by atoms with Crippen molar-refractivity contribution in [1.82, 2.24) is 0 Å². The minimum absolute atomic E-state index is 0.248. The second-order valence-electron chi connectivity index (χ2n) is 4.59. The molecule has 0 amide bonds. The Labute approximate surface area is 117 Å². The van der Waals surface area contributed by atoms with Crippen molar-refractivity contribution in [3.8, 4) is 0 Å². The standard InChI is InChI=1S/C11H22BrO2.In.2H/c1-5-6-10(13-3)11(14-4)8-7-9(2)12;;;/h10-11H,5-8H2,1-4H3;;;. The predicted octanol–water partition coefficient (Wildman–Crippen LogP) is 2.34. The topological polar surface area (TPSA) is 18.5 Å². The van der Waals surface area contributed by atoms with Crippen LogP contribution in [0.5, 0.6) is 0 Å². The van der Waals surface area contributed by atoms with Crippen LogP contribution in [0.1, 0.15) is 39.5 Å². The minimum atomic E-state index is 0.248. The van der Waals surface area contributed by atoms with Crippen LogP contribution in [0.3, 0.4) is 0 Å². The molecule has 0 saturated carbocycles. The number of rotatable bonds is 8. The zero-order valence-electron chi connectivity index (χ0n) is 10.7. The molecule has 0 bridgehead atoms. The van der Waals surface area contributed by atoms with Gasteiger partial charge in [-0.25, -0.2) is 0 Å². The summed E-state index contributed by atoms with van der Waals surface area (Å²) < 4.78 is 11.4. The normalized spacial score (nSPS) is 19.5. The number of methoxy groups -OCH3 is 2. The first-order valence-corrected chi connectivity index (χ1v) is 9.33. The third kappa shape index (κ3) is 8.06. The zero-order chi connectivity index (χ0) is 11.9. The van der Waals surface area contributed by atoms with Crippen molar-refractivity contribution in [2.45, 2.75) is 53.8 Å². The van der Waals surface area contributed by atoms with Crippen molar-refractivity contribution in [3.05, 3.63) is 0 Å². The van der Waals surface area contributed by atoms with Crippen molar-refractivity contribution in [2.75, 3.05) is 14.2 Å². The van der Waals surface area contributed by atoms with E-state index in [0.717, 1.165) is 19.3 Å². The van der Waals surface area contributed by atoms with Gasteiger partial charge in [0.25, 0.3) is 0 Å². The zero-order valence-corrected chi connectivity index (χ0v) is 18.0. The van der Waals surface area contributed by atoms with E-state index in [0.29, 0.717) is 26.5 Å². The van der Waals surface area contributed by atoms with Crippen LogP contribution < -0.4 is 0 Å². The molecule has 4 heteroatoms. The first kappa shape index (κ1) is 16.3. The molecule has 0 rings (SSSR count). The SMILES string of the molecule is CCCC(OC)C(CC[C](C)(Br)[InH2])OC. The Morgan fingerprint density at radius 2 is 1.67 bits per heavy atom. The fraction of sp³-hybridized carbons (Fsp3) is 1.00. The van der Waals surface area contributed by atoms with Gasteiger partial charge in [0.2, 0.25) is 0 Å². The van der Waals surface area contributed by atoms with E-state index in [9.17, 15) is 0 Å². The third-order valence-electron chi connectivity index (χ3n) is 2.62. The van der Waals surface area contributed by atoms with E-state index in [1.807, 2.05) is 0 Å². The third-order valence-corrected chi connectivity index (χ3v) is 4.44. The van der Waals surface area contributed by atoms with Crippen molar-refractivity contribution in [1.29, 1.82) is 0 Å². The predicted molar refractivity (Wildman–Crippen MR) is 71.6 cm³/mol. The van der Waals surface area contributed by atoms with Gasteiger partial charge in [-0.1, -0.05) is 0 Å². The van der Waals surface area contributed by atoms with Crippen LogP contribution in [0, 0.1) is 0 Å². The average Bonchev–Trinajstić information content (AvgIpc) is 2.15. The molecule has 0 N–H and O–H groups in total. The maximum absolute atomic E-state index is 5.53. The Balaban J connectivity index is 4.09. The molecule has 15 heavy (non-hydrogen) atoms. The molecule has 3 atom stereocenters. The van der Waals surface area contributed by atoms with Gasteiger partial charge in [-0.2, -0.15) is 0 Å². The molecule has 0 radical (unpaired) electrons. The Morgan fingerprint density at radius 1 is 1.20 bits per heavy atom. The maximum atomic E-state index is 5.53. The summed E-state index contributed by atoms with van der Waals surface area (Å²) in [6.07, 6.45) is 5.01. The molecule has 0 fully saturated rings. The van der Waals surface area contributed by atoms with Gasteiger partial charge < -0.3 is 0 Å². The summed E-state index contributed by atoms with van der Waals surface area (Å²) in [6.45, 7) is 4.46. The van der Waals surface area contributed by atoms with Gasteiger partial charge in [0.15, 0.2) is 0 Å². The van der Waals surface area contributed by atoms with Crippen LogP contribution in [0.4, 0.5) is 0 Å². The number of hydrogen-bond acceptors (Lipinski definition) is 2. The summed E-state index contributed by atoms with van der Waals surface area (Å²) in [5.41, 5.74) is 0. The van der Waals surface area contributed by atoms with E-state index in [2.05, 4.69) is 29.8 Å². The number of ether oxygens (including phenoxy) is 2. The van der Waals surface area contributed by atoms with E-state index in [1.165, 1.54) is 6.42 Å². The molecule has 0 heterocycles. The van der Waals surface area contributed by atoms with Gasteiger partial charge in [0.05, 0.1) is 0 Å². The fourth-order valence-corrected chi connectivity index (χ4v) is 2.73. The summed E-state index contributed by atoms with van der Waals surface area (Å²) >= 11 is 4.37. The Kier molecular flexibility index (Phi) is 9.08. The Hall–Kier alpha value is 1.27. The molecular formula is C11H24BrInO2. The van der Waals surface area contributed by atoms with Crippen LogP contribution >= 0.6 is 15.9 Å². The van der Waals surface area contributed by atoms with Gasteiger partial charge in [0.1, 0.15) is 0 Å². The number of halogens is 1. The van der Waals surface area contributed by atoms with Gasteiger partial charge in [0, 0.05) is 0 Å². The molecule has 0 aromatic carbocycles. The van der Waals surface area contributed by atoms with Gasteiger partial charge in [-0.05, 0) is 0 Å². The fourth-order valence-electron chi connectivity index (χ4n) is 1.68. The summed E-state index contributed by atoms with van der Waals surface area (Å²) in [5.74, 6) is 0. The van der Waals surface area contributed by atoms with Crippen LogP contribution in [0.15, 0.2) is 0 Å². The summed E-state index contributed by atoms with van der Waals surface area (Å²) in [4.78, 5) is 0. The quantitative estimate of drug-likeness (QED) is 0.600. The first-order valence-electron chi connectivity index (χ1n) is 5.69. The van der Waals surface area contributed by atoms with Crippen molar-refractivity contribution in [2.24, 2.45) is 0 Å². The molecular weight excluding hydrogens is 359 g/mol. The van der Waals surface area contributed by atoms with Crippen molar-refractivity contribution in [3.63, 3.8) is 0 Å². The molecule has 0 aromatic rings. The molecule has 0 aromatic heterocycles. The number of alkyl halides is 1. The molecule has 0 aliphatic rings. The molecule has 0 aliphatic carbocycles. The summed E-state index contributed by atoms with van der Waals surface area (Å²) in [7, 11) is 3.57. The number of hydrogen-bond donors (Lipinski definition) is 0. The summed E-state index contributed by atoms with van der Waals surface area (Å²) in [5, 5.41) is 0. The van der Waals surface area contributed by atoms with E-state index in [4.69, 9.17) is 9.47 Å². The molecule has 2 nitrogen and oxygen atoms in total. The van der Waals surface area contributed by atoms with Crippen LogP contribution in [0.25, 0.3) is 0 Å².